The van der Waals surface area contributed by atoms with Crippen LogP contribution in [0.2, 0.25) is 0 Å². The van der Waals surface area contributed by atoms with Crippen molar-refractivity contribution >= 4 is 15.6 Å². The van der Waals surface area contributed by atoms with Gasteiger partial charge in [-0.1, -0.05) is 54.0 Å². The van der Waals surface area contributed by atoms with Crippen LogP contribution in [0, 0.1) is 5.92 Å². The van der Waals surface area contributed by atoms with Gasteiger partial charge in [0.15, 0.2) is 0 Å². The van der Waals surface area contributed by atoms with E-state index >= 15 is 0 Å². The van der Waals surface area contributed by atoms with Gasteiger partial charge in [-0.15, -0.1) is 0 Å². The predicted molar refractivity (Wildman–Crippen MR) is 117 cm³/mol. The first-order valence-corrected chi connectivity index (χ1v) is 12.5. The number of phosphoric acid groups is 2. The summed E-state index contributed by atoms with van der Waals surface area (Å²) in [6, 6.07) is 0. The summed E-state index contributed by atoms with van der Waals surface area (Å²) in [4.78, 5) is 26.3. The average Bonchev–Trinajstić information content (AvgIpc) is 2.56. The van der Waals surface area contributed by atoms with E-state index in [1.807, 2.05) is 6.08 Å². The Morgan fingerprint density at radius 2 is 1.69 bits per heavy atom. The van der Waals surface area contributed by atoms with Gasteiger partial charge >= 0.3 is 15.6 Å². The Kier molecular flexibility index (Phi) is 12.9. The molecule has 3 N–H and O–H groups in total. The fourth-order valence-corrected chi connectivity index (χ4v) is 3.79. The van der Waals surface area contributed by atoms with E-state index in [0.717, 1.165) is 25.7 Å². The molecule has 2 unspecified atom stereocenters. The predicted octanol–water partition coefficient (Wildman–Crippen LogP) is 6.21. The van der Waals surface area contributed by atoms with Gasteiger partial charge in [-0.25, -0.2) is 9.13 Å². The van der Waals surface area contributed by atoms with E-state index in [4.69, 9.17) is 11.2 Å². The maximum absolute atomic E-state index is 11.4. The second kappa shape index (κ2) is 14.3. The van der Waals surface area contributed by atoms with Gasteiger partial charge in [-0.2, -0.15) is 4.31 Å². The molecule has 0 saturated heterocycles. The lowest BCUT2D eigenvalue weighted by Gasteiger charge is -2.11. The Labute approximate surface area is 176 Å². The van der Waals surface area contributed by atoms with Gasteiger partial charge in [0.05, 0.1) is 6.61 Å². The zero-order valence-corrected chi connectivity index (χ0v) is 19.7. The summed E-state index contributed by atoms with van der Waals surface area (Å²) < 4.78 is 38.2. The van der Waals surface area contributed by atoms with Crippen LogP contribution in [0.15, 0.2) is 47.1 Å². The minimum atomic E-state index is -5.13. The van der Waals surface area contributed by atoms with E-state index in [9.17, 15) is 14.0 Å². The third kappa shape index (κ3) is 19.0. The first-order valence-electron chi connectivity index (χ1n) is 10.1. The molecule has 0 aliphatic rings. The molecular formula is C20H36O7P2. The lowest BCUT2D eigenvalue weighted by molar-refractivity contribution is 0.191. The Morgan fingerprint density at radius 1 is 1.03 bits per heavy atom. The zero-order chi connectivity index (χ0) is 23.4. The molecule has 0 heterocycles. The van der Waals surface area contributed by atoms with Gasteiger partial charge in [-0.3, -0.25) is 4.52 Å². The van der Waals surface area contributed by atoms with Crippen molar-refractivity contribution in [2.75, 3.05) is 6.61 Å². The Hall–Kier alpha value is -0.780. The summed E-state index contributed by atoms with van der Waals surface area (Å²) in [6.45, 7) is 9.69. The van der Waals surface area contributed by atoms with Crippen LogP contribution in [0.5, 0.6) is 0 Å². The van der Waals surface area contributed by atoms with Gasteiger partial charge in [0, 0.05) is 1.37 Å². The fourth-order valence-electron chi connectivity index (χ4n) is 2.27. The van der Waals surface area contributed by atoms with Crippen LogP contribution in [0.1, 0.15) is 68.1 Å². The van der Waals surface area contributed by atoms with E-state index in [2.05, 4.69) is 48.7 Å². The normalized spacial score (nSPS) is 18.3. The summed E-state index contributed by atoms with van der Waals surface area (Å²) in [5.41, 5.74) is 3.29. The second-order valence-electron chi connectivity index (χ2n) is 7.26. The third-order valence-electron chi connectivity index (χ3n) is 3.86. The summed E-state index contributed by atoms with van der Waals surface area (Å²) in [5, 5.41) is 0. The van der Waals surface area contributed by atoms with Crippen LogP contribution in [0.3, 0.4) is 0 Å². The molecule has 3 atom stereocenters. The lowest BCUT2D eigenvalue weighted by atomic mass is 10.0. The topological polar surface area (TPSA) is 113 Å². The monoisotopic (exact) mass is 451 g/mol. The molecule has 0 fully saturated rings. The molecule has 0 bridgehead atoms. The largest absolute Gasteiger partial charge is 0.481 e. The molecule has 0 rings (SSSR count). The number of allylic oxidation sites excluding steroid dienone is 7. The van der Waals surface area contributed by atoms with Crippen molar-refractivity contribution in [3.05, 3.63) is 47.1 Å². The quantitative estimate of drug-likeness (QED) is 0.212. The van der Waals surface area contributed by atoms with E-state index in [-0.39, 0.29) is 0 Å². The molecule has 0 spiro atoms. The highest BCUT2D eigenvalue weighted by atomic mass is 31.3. The van der Waals surface area contributed by atoms with E-state index < -0.39 is 28.6 Å². The highest BCUT2D eigenvalue weighted by Crippen LogP contribution is 2.57. The number of rotatable bonds is 14. The van der Waals surface area contributed by atoms with Crippen molar-refractivity contribution in [2.24, 2.45) is 5.92 Å². The number of hydrogen-bond donors (Lipinski definition) is 3. The SMILES string of the molecule is [2H][C@@H](/C=C/C(C)CC/C=C(\C)CCC=C(C)C)/C(C)=C/COP(=O)(O)OP(=O)(O)O. The molecule has 168 valence electrons. The molecular weight excluding hydrogens is 414 g/mol. The minimum Gasteiger partial charge on any atom is -0.302 e. The number of phosphoric ester groups is 1. The Morgan fingerprint density at radius 3 is 2.28 bits per heavy atom. The smallest absolute Gasteiger partial charge is 0.302 e. The van der Waals surface area contributed by atoms with Crippen molar-refractivity contribution in [3.63, 3.8) is 0 Å². The van der Waals surface area contributed by atoms with Crippen molar-refractivity contribution < 1.29 is 34.0 Å². The Balaban J connectivity index is 4.41. The third-order valence-corrected chi connectivity index (χ3v) is 6.01. The molecule has 0 aliphatic heterocycles. The molecule has 0 aromatic carbocycles. The summed E-state index contributed by atoms with van der Waals surface area (Å²) >= 11 is 0. The van der Waals surface area contributed by atoms with Crippen LogP contribution in [-0.2, 0) is 18.0 Å². The van der Waals surface area contributed by atoms with Gasteiger partial charge in [0.2, 0.25) is 0 Å². The van der Waals surface area contributed by atoms with Crippen molar-refractivity contribution in [1.82, 2.24) is 0 Å². The highest BCUT2D eigenvalue weighted by molar-refractivity contribution is 7.60. The van der Waals surface area contributed by atoms with Crippen LogP contribution < -0.4 is 0 Å². The molecule has 29 heavy (non-hydrogen) atoms. The molecule has 0 saturated carbocycles. The minimum absolute atomic E-state index is 0.304. The fraction of sp³-hybridized carbons (Fsp3) is 0.600. The summed E-state index contributed by atoms with van der Waals surface area (Å²) in [5.74, 6) is 0.304. The molecule has 7 nitrogen and oxygen atoms in total. The number of hydrogen-bond acceptors (Lipinski definition) is 4. The zero-order valence-electron chi connectivity index (χ0n) is 18.9. The maximum atomic E-state index is 11.4. The first kappa shape index (κ1) is 26.3. The van der Waals surface area contributed by atoms with Gasteiger partial charge in [0.1, 0.15) is 0 Å². The first-order chi connectivity index (χ1) is 13.7. The van der Waals surface area contributed by atoms with Gasteiger partial charge in [-0.05, 0) is 65.7 Å². The van der Waals surface area contributed by atoms with Crippen LogP contribution in [0.25, 0.3) is 0 Å². The Bertz CT molecular complexity index is 733. The molecule has 9 heteroatoms. The van der Waals surface area contributed by atoms with Gasteiger partial charge in [0.25, 0.3) is 0 Å². The molecule has 0 aliphatic carbocycles. The molecule has 0 amide bonds. The van der Waals surface area contributed by atoms with Crippen molar-refractivity contribution in [1.29, 1.82) is 0 Å². The summed E-state index contributed by atoms with van der Waals surface area (Å²) in [7, 11) is -9.99. The van der Waals surface area contributed by atoms with E-state index in [1.165, 1.54) is 17.2 Å². The van der Waals surface area contributed by atoms with Crippen molar-refractivity contribution in [3.8, 4) is 0 Å². The average molecular weight is 451 g/mol. The lowest BCUT2D eigenvalue weighted by Crippen LogP contribution is -1.94. The van der Waals surface area contributed by atoms with Crippen LogP contribution in [-0.4, -0.2) is 21.3 Å². The standard InChI is InChI=1S/C20H36O7P2/c1-17(2)9-6-10-18(3)11-7-12-19(4)13-8-14-20(5)15-16-26-29(24,25)27-28(21,22)23/h8-9,11,13,15,19H,6-7,10,12,14,16H2,1-5H3,(H,24,25)(H2,21,22,23)/b13-8+,18-11+,20-15+/i14D/t14-,19?/m0/s1. The van der Waals surface area contributed by atoms with Crippen LogP contribution in [0.4, 0.5) is 0 Å². The maximum Gasteiger partial charge on any atom is 0.481 e. The summed E-state index contributed by atoms with van der Waals surface area (Å²) in [6.07, 6.45) is 13.0. The van der Waals surface area contributed by atoms with Crippen LogP contribution >= 0.6 is 15.6 Å². The molecule has 0 radical (unpaired) electrons. The second-order valence-corrected chi connectivity index (χ2v) is 10.1. The van der Waals surface area contributed by atoms with E-state index in [1.54, 1.807) is 13.0 Å². The molecule has 0 aromatic heterocycles. The van der Waals surface area contributed by atoms with Gasteiger partial charge < -0.3 is 14.7 Å². The van der Waals surface area contributed by atoms with E-state index in [0.29, 0.717) is 11.5 Å². The van der Waals surface area contributed by atoms with Crippen molar-refractivity contribution in [2.45, 2.75) is 66.7 Å². The highest BCUT2D eigenvalue weighted by Gasteiger charge is 2.31. The molecule has 0 aromatic rings.